The van der Waals surface area contributed by atoms with Gasteiger partial charge in [-0.2, -0.15) is 0 Å². The molecule has 30 heavy (non-hydrogen) atoms. The number of anilines is 1. The number of halogens is 1. The first-order valence-corrected chi connectivity index (χ1v) is 10.6. The molecular weight excluding hydrogens is 379 g/mol. The van der Waals surface area contributed by atoms with E-state index in [2.05, 4.69) is 24.0 Å². The molecule has 2 heterocycles. The van der Waals surface area contributed by atoms with Crippen molar-refractivity contribution in [3.05, 3.63) is 89.6 Å². The van der Waals surface area contributed by atoms with Gasteiger partial charge in [-0.3, -0.25) is 9.69 Å². The van der Waals surface area contributed by atoms with Crippen LogP contribution in [0.5, 0.6) is 0 Å². The number of hydrogen-bond donors (Lipinski definition) is 0. The molecule has 1 aliphatic rings. The van der Waals surface area contributed by atoms with Gasteiger partial charge in [-0.25, -0.2) is 4.39 Å². The lowest BCUT2D eigenvalue weighted by Crippen LogP contribution is -2.47. The number of carbonyl (C=O) groups is 1. The Kier molecular flexibility index (Phi) is 6.29. The van der Waals surface area contributed by atoms with E-state index in [0.29, 0.717) is 5.56 Å². The minimum absolute atomic E-state index is 0.0799. The minimum atomic E-state index is -0.336. The molecule has 0 bridgehead atoms. The fourth-order valence-electron chi connectivity index (χ4n) is 4.08. The van der Waals surface area contributed by atoms with Gasteiger partial charge in [0.1, 0.15) is 11.6 Å². The van der Waals surface area contributed by atoms with Gasteiger partial charge in [0, 0.05) is 30.4 Å². The zero-order valence-electron chi connectivity index (χ0n) is 17.3. The third-order valence-corrected chi connectivity index (χ3v) is 5.81. The summed E-state index contributed by atoms with van der Waals surface area (Å²) in [6, 6.07) is 18.0. The maximum absolute atomic E-state index is 13.4. The average molecular weight is 407 g/mol. The van der Waals surface area contributed by atoms with E-state index in [4.69, 9.17) is 4.42 Å². The number of likely N-dealkylation sites (tertiary alicyclic amines) is 1. The molecule has 4 nitrogen and oxygen atoms in total. The van der Waals surface area contributed by atoms with E-state index in [0.717, 1.165) is 50.3 Å². The Labute approximate surface area is 176 Å². The van der Waals surface area contributed by atoms with E-state index in [-0.39, 0.29) is 17.8 Å². The number of rotatable bonds is 6. The van der Waals surface area contributed by atoms with Gasteiger partial charge >= 0.3 is 0 Å². The van der Waals surface area contributed by atoms with Gasteiger partial charge in [-0.05, 0) is 73.4 Å². The molecule has 0 atom stereocenters. The molecule has 1 aromatic heterocycles. The van der Waals surface area contributed by atoms with Crippen molar-refractivity contribution in [3.8, 4) is 0 Å². The van der Waals surface area contributed by atoms with Crippen LogP contribution in [0.4, 0.5) is 10.1 Å². The Balaban J connectivity index is 1.54. The first kappa shape index (κ1) is 20.4. The van der Waals surface area contributed by atoms with Gasteiger partial charge in [-0.15, -0.1) is 0 Å². The third kappa shape index (κ3) is 4.62. The Hall–Kier alpha value is -2.92. The zero-order valence-corrected chi connectivity index (χ0v) is 17.3. The predicted octanol–water partition coefficient (Wildman–Crippen LogP) is 5.29. The molecule has 1 amide bonds. The molecule has 0 unspecified atom stereocenters. The summed E-state index contributed by atoms with van der Waals surface area (Å²) in [4.78, 5) is 17.7. The highest BCUT2D eigenvalue weighted by Crippen LogP contribution is 2.27. The first-order valence-electron chi connectivity index (χ1n) is 10.6. The Bertz CT molecular complexity index is 944. The van der Waals surface area contributed by atoms with Crippen LogP contribution in [-0.4, -0.2) is 29.9 Å². The summed E-state index contributed by atoms with van der Waals surface area (Å²) in [6.07, 6.45) is 4.41. The van der Waals surface area contributed by atoms with Gasteiger partial charge < -0.3 is 9.32 Å². The molecule has 1 fully saturated rings. The Morgan fingerprint density at radius 3 is 2.37 bits per heavy atom. The molecule has 0 N–H and O–H groups in total. The van der Waals surface area contributed by atoms with Crippen molar-refractivity contribution >= 4 is 11.6 Å². The second kappa shape index (κ2) is 9.26. The van der Waals surface area contributed by atoms with Crippen LogP contribution in [0.25, 0.3) is 0 Å². The molecule has 0 aliphatic carbocycles. The summed E-state index contributed by atoms with van der Waals surface area (Å²) in [5, 5.41) is 0. The monoisotopic (exact) mass is 406 g/mol. The maximum atomic E-state index is 13.4. The third-order valence-electron chi connectivity index (χ3n) is 5.81. The van der Waals surface area contributed by atoms with Gasteiger partial charge in [0.05, 0.1) is 12.8 Å². The molecule has 5 heteroatoms. The summed E-state index contributed by atoms with van der Waals surface area (Å²) in [5.41, 5.74) is 2.64. The van der Waals surface area contributed by atoms with Crippen LogP contribution in [-0.2, 0) is 13.0 Å². The fourth-order valence-corrected chi connectivity index (χ4v) is 4.08. The first-order chi connectivity index (χ1) is 14.6. The van der Waals surface area contributed by atoms with Crippen molar-refractivity contribution in [1.29, 1.82) is 0 Å². The second-order valence-corrected chi connectivity index (χ2v) is 7.79. The number of furan rings is 1. The van der Waals surface area contributed by atoms with E-state index >= 15 is 0 Å². The average Bonchev–Trinajstić information content (AvgIpc) is 3.29. The minimum Gasteiger partial charge on any atom is -0.468 e. The summed E-state index contributed by atoms with van der Waals surface area (Å²) in [7, 11) is 0. The van der Waals surface area contributed by atoms with Crippen LogP contribution < -0.4 is 4.90 Å². The second-order valence-electron chi connectivity index (χ2n) is 7.79. The molecule has 1 aliphatic heterocycles. The Morgan fingerprint density at radius 1 is 1.07 bits per heavy atom. The quantitative estimate of drug-likeness (QED) is 0.558. The number of hydrogen-bond acceptors (Lipinski definition) is 3. The number of benzene rings is 2. The number of amides is 1. The largest absolute Gasteiger partial charge is 0.468 e. The lowest BCUT2D eigenvalue weighted by Gasteiger charge is -2.38. The Morgan fingerprint density at radius 2 is 1.77 bits per heavy atom. The van der Waals surface area contributed by atoms with Crippen molar-refractivity contribution < 1.29 is 13.6 Å². The van der Waals surface area contributed by atoms with Crippen molar-refractivity contribution in [1.82, 2.24) is 4.90 Å². The van der Waals surface area contributed by atoms with Gasteiger partial charge in [-0.1, -0.05) is 19.1 Å². The van der Waals surface area contributed by atoms with Gasteiger partial charge in [0.2, 0.25) is 0 Å². The molecule has 0 spiro atoms. The van der Waals surface area contributed by atoms with E-state index in [9.17, 15) is 9.18 Å². The summed E-state index contributed by atoms with van der Waals surface area (Å²) < 4.78 is 18.8. The van der Waals surface area contributed by atoms with Crippen LogP contribution in [0.3, 0.4) is 0 Å². The van der Waals surface area contributed by atoms with Gasteiger partial charge in [0.25, 0.3) is 5.91 Å². The number of aryl methyl sites for hydroxylation is 1. The summed E-state index contributed by atoms with van der Waals surface area (Å²) in [5.74, 6) is 0.545. The molecule has 0 saturated carbocycles. The normalized spacial score (nSPS) is 15.3. The molecule has 156 valence electrons. The van der Waals surface area contributed by atoms with E-state index in [1.165, 1.54) is 17.7 Å². The highest BCUT2D eigenvalue weighted by Gasteiger charge is 2.30. The van der Waals surface area contributed by atoms with Crippen molar-refractivity contribution in [2.24, 2.45) is 0 Å². The number of piperidine rings is 1. The van der Waals surface area contributed by atoms with E-state index in [1.54, 1.807) is 18.4 Å². The van der Waals surface area contributed by atoms with Crippen LogP contribution in [0.1, 0.15) is 41.4 Å². The van der Waals surface area contributed by atoms with Gasteiger partial charge in [0.15, 0.2) is 0 Å². The predicted molar refractivity (Wildman–Crippen MR) is 116 cm³/mol. The number of nitrogens with zero attached hydrogens (tertiary/aromatic N) is 2. The summed E-state index contributed by atoms with van der Waals surface area (Å²) in [6.45, 7) is 4.69. The standard InChI is InChI=1S/C25H27FN2O2/c1-2-19-5-11-22(12-6-19)28(25(29)20-7-9-21(26)10-8-20)23-13-15-27(16-14-23)18-24-4-3-17-30-24/h3-12,17,23H,2,13-16,18H2,1H3. The highest BCUT2D eigenvalue weighted by atomic mass is 19.1. The topological polar surface area (TPSA) is 36.7 Å². The fraction of sp³-hybridized carbons (Fsp3) is 0.320. The van der Waals surface area contributed by atoms with E-state index < -0.39 is 0 Å². The van der Waals surface area contributed by atoms with Crippen molar-refractivity contribution in [2.45, 2.75) is 38.8 Å². The molecule has 1 saturated heterocycles. The summed E-state index contributed by atoms with van der Waals surface area (Å²) >= 11 is 0. The molecular formula is C25H27FN2O2. The van der Waals surface area contributed by atoms with Crippen LogP contribution in [0.15, 0.2) is 71.3 Å². The lowest BCUT2D eigenvalue weighted by molar-refractivity contribution is 0.0957. The van der Waals surface area contributed by atoms with Crippen LogP contribution >= 0.6 is 0 Å². The van der Waals surface area contributed by atoms with Crippen LogP contribution in [0, 0.1) is 5.82 Å². The molecule has 0 radical (unpaired) electrons. The maximum Gasteiger partial charge on any atom is 0.258 e. The van der Waals surface area contributed by atoms with Crippen molar-refractivity contribution in [2.75, 3.05) is 18.0 Å². The lowest BCUT2D eigenvalue weighted by atomic mass is 10.00. The highest BCUT2D eigenvalue weighted by molar-refractivity contribution is 6.06. The molecule has 2 aromatic carbocycles. The number of carbonyl (C=O) groups excluding carboxylic acids is 1. The van der Waals surface area contributed by atoms with Crippen LogP contribution in [0.2, 0.25) is 0 Å². The SMILES string of the molecule is CCc1ccc(N(C(=O)c2ccc(F)cc2)C2CCN(Cc3ccco3)CC2)cc1. The van der Waals surface area contributed by atoms with E-state index in [1.807, 2.05) is 29.2 Å². The van der Waals surface area contributed by atoms with Crippen molar-refractivity contribution in [3.63, 3.8) is 0 Å². The molecule has 3 aromatic rings. The molecule has 4 rings (SSSR count). The zero-order chi connectivity index (χ0) is 20.9. The smallest absolute Gasteiger partial charge is 0.258 e.